The number of ether oxygens (including phenoxy) is 1. The standard InChI is InChI=1S/C20H21NO3/c1-2-4-14-7-9-15(10-8-14)21-20(23)13-24-19-6-3-5-16-17(19)11-12-18(16)22/h3,5-10H,2,4,11-13H2,1H3,(H,21,23). The van der Waals surface area contributed by atoms with E-state index in [1.165, 1.54) is 5.56 Å². The maximum Gasteiger partial charge on any atom is 0.262 e. The van der Waals surface area contributed by atoms with Crippen LogP contribution in [-0.2, 0) is 17.6 Å². The Bertz CT molecular complexity index is 750. The minimum atomic E-state index is -0.208. The fraction of sp³-hybridized carbons (Fsp3) is 0.300. The lowest BCUT2D eigenvalue weighted by Gasteiger charge is -2.11. The van der Waals surface area contributed by atoms with Gasteiger partial charge in [-0.3, -0.25) is 9.59 Å². The van der Waals surface area contributed by atoms with E-state index in [0.29, 0.717) is 18.6 Å². The second-order valence-corrected chi connectivity index (χ2v) is 5.99. The first-order valence-corrected chi connectivity index (χ1v) is 8.34. The summed E-state index contributed by atoms with van der Waals surface area (Å²) in [5.74, 6) is 0.569. The molecule has 0 atom stereocenters. The highest BCUT2D eigenvalue weighted by atomic mass is 16.5. The predicted octanol–water partition coefficient (Wildman–Crippen LogP) is 3.79. The molecule has 0 radical (unpaired) electrons. The molecule has 4 nitrogen and oxygen atoms in total. The van der Waals surface area contributed by atoms with Gasteiger partial charge in [-0.15, -0.1) is 0 Å². The van der Waals surface area contributed by atoms with Gasteiger partial charge in [0, 0.05) is 23.2 Å². The van der Waals surface area contributed by atoms with E-state index in [9.17, 15) is 9.59 Å². The first kappa shape index (κ1) is 16.2. The summed E-state index contributed by atoms with van der Waals surface area (Å²) in [4.78, 5) is 23.8. The van der Waals surface area contributed by atoms with Crippen LogP contribution in [0.25, 0.3) is 0 Å². The predicted molar refractivity (Wildman–Crippen MR) is 93.7 cm³/mol. The SMILES string of the molecule is CCCc1ccc(NC(=O)COc2cccc3c2CCC3=O)cc1. The van der Waals surface area contributed by atoms with Crippen LogP contribution < -0.4 is 10.1 Å². The van der Waals surface area contributed by atoms with Crippen LogP contribution in [0, 0.1) is 0 Å². The Balaban J connectivity index is 1.57. The molecule has 0 saturated carbocycles. The molecule has 0 saturated heterocycles. The molecule has 0 aliphatic heterocycles. The number of benzene rings is 2. The van der Waals surface area contributed by atoms with Gasteiger partial charge in [-0.1, -0.05) is 37.6 Å². The van der Waals surface area contributed by atoms with E-state index in [0.717, 1.165) is 29.7 Å². The number of anilines is 1. The molecular formula is C20H21NO3. The smallest absolute Gasteiger partial charge is 0.262 e. The Morgan fingerprint density at radius 3 is 2.67 bits per heavy atom. The zero-order chi connectivity index (χ0) is 16.9. The number of hydrogen-bond acceptors (Lipinski definition) is 3. The van der Waals surface area contributed by atoms with E-state index in [4.69, 9.17) is 4.74 Å². The van der Waals surface area contributed by atoms with Crippen molar-refractivity contribution >= 4 is 17.4 Å². The Hall–Kier alpha value is -2.62. The lowest BCUT2D eigenvalue weighted by molar-refractivity contribution is -0.118. The topological polar surface area (TPSA) is 55.4 Å². The fourth-order valence-corrected chi connectivity index (χ4v) is 2.98. The summed E-state index contributed by atoms with van der Waals surface area (Å²) in [5.41, 5.74) is 3.66. The van der Waals surface area contributed by atoms with Crippen LogP contribution in [0.4, 0.5) is 5.69 Å². The van der Waals surface area contributed by atoms with Gasteiger partial charge in [-0.2, -0.15) is 0 Å². The largest absolute Gasteiger partial charge is 0.483 e. The van der Waals surface area contributed by atoms with Crippen LogP contribution >= 0.6 is 0 Å². The number of hydrogen-bond donors (Lipinski definition) is 1. The molecule has 2 aromatic rings. The van der Waals surface area contributed by atoms with Crippen molar-refractivity contribution < 1.29 is 14.3 Å². The summed E-state index contributed by atoms with van der Waals surface area (Å²) in [5, 5.41) is 2.83. The van der Waals surface area contributed by atoms with Crippen molar-refractivity contribution in [3.63, 3.8) is 0 Å². The second kappa shape index (κ2) is 7.30. The quantitative estimate of drug-likeness (QED) is 0.880. The van der Waals surface area contributed by atoms with Crippen molar-refractivity contribution in [2.75, 3.05) is 11.9 Å². The average molecular weight is 323 g/mol. The van der Waals surface area contributed by atoms with Gasteiger partial charge in [-0.05, 0) is 36.6 Å². The number of ketones is 1. The maximum absolute atomic E-state index is 12.1. The molecule has 1 amide bonds. The number of Topliss-reactive ketones (excluding diaryl/α,β-unsaturated/α-hetero) is 1. The van der Waals surface area contributed by atoms with Gasteiger partial charge in [0.05, 0.1) is 0 Å². The van der Waals surface area contributed by atoms with E-state index in [2.05, 4.69) is 12.2 Å². The molecule has 0 heterocycles. The Kier molecular flexibility index (Phi) is 4.94. The van der Waals surface area contributed by atoms with E-state index in [1.807, 2.05) is 36.4 Å². The first-order valence-electron chi connectivity index (χ1n) is 8.34. The number of nitrogens with one attached hydrogen (secondary N) is 1. The van der Waals surface area contributed by atoms with Crippen molar-refractivity contribution in [2.24, 2.45) is 0 Å². The minimum Gasteiger partial charge on any atom is -0.483 e. The van der Waals surface area contributed by atoms with Crippen molar-refractivity contribution in [3.8, 4) is 5.75 Å². The van der Waals surface area contributed by atoms with Crippen molar-refractivity contribution in [1.29, 1.82) is 0 Å². The molecule has 2 aromatic carbocycles. The van der Waals surface area contributed by atoms with Gasteiger partial charge in [0.15, 0.2) is 12.4 Å². The second-order valence-electron chi connectivity index (χ2n) is 5.99. The Morgan fingerprint density at radius 2 is 1.92 bits per heavy atom. The average Bonchev–Trinajstić information content (AvgIpc) is 2.97. The van der Waals surface area contributed by atoms with E-state index in [1.54, 1.807) is 6.07 Å². The van der Waals surface area contributed by atoms with Gasteiger partial charge in [0.1, 0.15) is 5.75 Å². The molecule has 4 heteroatoms. The molecule has 24 heavy (non-hydrogen) atoms. The molecule has 124 valence electrons. The van der Waals surface area contributed by atoms with Gasteiger partial charge in [-0.25, -0.2) is 0 Å². The van der Waals surface area contributed by atoms with Gasteiger partial charge in [0.2, 0.25) is 0 Å². The maximum atomic E-state index is 12.1. The minimum absolute atomic E-state index is 0.0681. The van der Waals surface area contributed by atoms with Crippen molar-refractivity contribution in [1.82, 2.24) is 0 Å². The first-order chi connectivity index (χ1) is 11.7. The molecule has 1 aliphatic carbocycles. The number of carbonyl (C=O) groups excluding carboxylic acids is 2. The number of amides is 1. The number of fused-ring (bicyclic) bond motifs is 1. The highest BCUT2D eigenvalue weighted by Crippen LogP contribution is 2.30. The van der Waals surface area contributed by atoms with Gasteiger partial charge in [0.25, 0.3) is 5.91 Å². The van der Waals surface area contributed by atoms with Crippen molar-refractivity contribution in [2.45, 2.75) is 32.6 Å². The van der Waals surface area contributed by atoms with Crippen LogP contribution in [0.5, 0.6) is 5.75 Å². The number of aryl methyl sites for hydroxylation is 1. The molecule has 1 aliphatic rings. The van der Waals surface area contributed by atoms with Crippen LogP contribution in [0.2, 0.25) is 0 Å². The third-order valence-electron chi connectivity index (χ3n) is 4.17. The monoisotopic (exact) mass is 323 g/mol. The van der Waals surface area contributed by atoms with Crippen LogP contribution in [0.15, 0.2) is 42.5 Å². The summed E-state index contributed by atoms with van der Waals surface area (Å²) in [6, 6.07) is 13.3. The zero-order valence-electron chi connectivity index (χ0n) is 13.8. The zero-order valence-corrected chi connectivity index (χ0v) is 13.8. The van der Waals surface area contributed by atoms with E-state index < -0.39 is 0 Å². The number of carbonyl (C=O) groups is 2. The molecule has 0 bridgehead atoms. The lowest BCUT2D eigenvalue weighted by Crippen LogP contribution is -2.20. The summed E-state index contributed by atoms with van der Waals surface area (Å²) < 4.78 is 5.63. The fourth-order valence-electron chi connectivity index (χ4n) is 2.98. The Labute approximate surface area is 141 Å². The molecule has 0 fully saturated rings. The molecule has 1 N–H and O–H groups in total. The third kappa shape index (κ3) is 3.65. The normalized spacial score (nSPS) is 12.8. The van der Waals surface area contributed by atoms with Crippen LogP contribution in [0.1, 0.15) is 41.3 Å². The summed E-state index contributed by atoms with van der Waals surface area (Å²) >= 11 is 0. The highest BCUT2D eigenvalue weighted by Gasteiger charge is 2.22. The van der Waals surface area contributed by atoms with Crippen LogP contribution in [0.3, 0.4) is 0 Å². The van der Waals surface area contributed by atoms with Crippen molar-refractivity contribution in [3.05, 3.63) is 59.2 Å². The molecular weight excluding hydrogens is 302 g/mol. The molecule has 0 aromatic heterocycles. The van der Waals surface area contributed by atoms with Crippen LogP contribution in [-0.4, -0.2) is 18.3 Å². The third-order valence-corrected chi connectivity index (χ3v) is 4.17. The highest BCUT2D eigenvalue weighted by molar-refractivity contribution is 6.01. The Morgan fingerprint density at radius 1 is 1.12 bits per heavy atom. The van der Waals surface area contributed by atoms with Gasteiger partial charge < -0.3 is 10.1 Å². The van der Waals surface area contributed by atoms with E-state index >= 15 is 0 Å². The number of rotatable bonds is 6. The molecule has 0 unspecified atom stereocenters. The van der Waals surface area contributed by atoms with Gasteiger partial charge >= 0.3 is 0 Å². The van der Waals surface area contributed by atoms with E-state index in [-0.39, 0.29) is 18.3 Å². The summed E-state index contributed by atoms with van der Waals surface area (Å²) in [7, 11) is 0. The molecule has 3 rings (SSSR count). The lowest BCUT2D eigenvalue weighted by atomic mass is 10.1. The molecule has 0 spiro atoms. The summed E-state index contributed by atoms with van der Waals surface area (Å²) in [6.45, 7) is 2.07. The summed E-state index contributed by atoms with van der Waals surface area (Å²) in [6.07, 6.45) is 3.34.